The summed E-state index contributed by atoms with van der Waals surface area (Å²) in [5.74, 6) is 0.305. The van der Waals surface area contributed by atoms with E-state index in [2.05, 4.69) is 10.3 Å². The Morgan fingerprint density at radius 2 is 2.14 bits per heavy atom. The van der Waals surface area contributed by atoms with Crippen molar-refractivity contribution in [2.24, 2.45) is 0 Å². The summed E-state index contributed by atoms with van der Waals surface area (Å²) in [5.41, 5.74) is 2.04. The number of nitrogens with one attached hydrogen (secondary N) is 1. The number of aromatic nitrogens is 1. The second kappa shape index (κ2) is 11.5. The number of rotatable bonds is 6. The van der Waals surface area contributed by atoms with Crippen molar-refractivity contribution in [1.82, 2.24) is 4.98 Å². The lowest BCUT2D eigenvalue weighted by atomic mass is 10.2. The van der Waals surface area contributed by atoms with Crippen molar-refractivity contribution in [1.29, 1.82) is 0 Å². The Kier molecular flexibility index (Phi) is 9.02. The van der Waals surface area contributed by atoms with E-state index in [0.717, 1.165) is 18.5 Å². The average molecular weight is 404 g/mol. The number of aliphatic hydroxyl groups excluding tert-OH is 1. The maximum Gasteiger partial charge on any atom is 0.253 e. The molecule has 1 aromatic heterocycles. The number of anilines is 1. The number of carbonyl (C=O) groups excluding carboxylic acids is 1. The van der Waals surface area contributed by atoms with Gasteiger partial charge in [0.05, 0.1) is 24.6 Å². The Balaban J connectivity index is 0.000000234. The van der Waals surface area contributed by atoms with E-state index >= 15 is 0 Å². The van der Waals surface area contributed by atoms with Gasteiger partial charge in [0.15, 0.2) is 0 Å². The minimum Gasteiger partial charge on any atom is -0.494 e. The molecule has 1 amide bonds. The molecule has 2 heterocycles. The van der Waals surface area contributed by atoms with E-state index in [-0.39, 0.29) is 30.5 Å². The summed E-state index contributed by atoms with van der Waals surface area (Å²) in [6.07, 6.45) is 3.62. The molecule has 7 heteroatoms. The molecule has 0 radical (unpaired) electrons. The van der Waals surface area contributed by atoms with Gasteiger partial charge in [-0.25, -0.2) is 4.39 Å². The van der Waals surface area contributed by atoms with Crippen molar-refractivity contribution in [3.63, 3.8) is 0 Å². The number of aliphatic hydroxyl groups is 1. The first-order valence-electron chi connectivity index (χ1n) is 9.84. The number of nitrogens with zero attached hydrogens (tertiary/aromatic N) is 1. The Labute approximate surface area is 171 Å². The monoisotopic (exact) mass is 404 g/mol. The van der Waals surface area contributed by atoms with Crippen molar-refractivity contribution in [3.8, 4) is 5.75 Å². The van der Waals surface area contributed by atoms with E-state index in [9.17, 15) is 9.18 Å². The van der Waals surface area contributed by atoms with E-state index in [0.29, 0.717) is 30.0 Å². The molecular formula is C22H29FN2O4. The number of halogens is 1. The Hall–Kier alpha value is -2.51. The first kappa shape index (κ1) is 22.8. The zero-order valence-corrected chi connectivity index (χ0v) is 17.2. The topological polar surface area (TPSA) is 80.7 Å². The lowest BCUT2D eigenvalue weighted by Crippen LogP contribution is -2.27. The number of hydrogen-bond acceptors (Lipinski definition) is 5. The van der Waals surface area contributed by atoms with Crippen LogP contribution in [0, 0.1) is 12.7 Å². The predicted octanol–water partition coefficient (Wildman–Crippen LogP) is 3.66. The number of amides is 1. The number of pyridine rings is 1. The highest BCUT2D eigenvalue weighted by Crippen LogP contribution is 2.21. The third-order valence-electron chi connectivity index (χ3n) is 4.50. The van der Waals surface area contributed by atoms with Crippen LogP contribution in [0.25, 0.3) is 0 Å². The molecule has 2 N–H and O–H groups in total. The first-order chi connectivity index (χ1) is 13.9. The maximum atomic E-state index is 12.8. The molecule has 29 heavy (non-hydrogen) atoms. The van der Waals surface area contributed by atoms with Crippen LogP contribution in [0.2, 0.25) is 0 Å². The molecule has 1 fully saturated rings. The molecule has 3 rings (SSSR count). The number of benzene rings is 1. The molecule has 0 spiro atoms. The summed E-state index contributed by atoms with van der Waals surface area (Å²) >= 11 is 0. The standard InChI is InChI=1S/C13H18N2O3.C9H11FO/c1-9-2-5-12(18-9)13(17)15-11-4-3-10(6-7-16)14-8-11;1-3-11-9-6-4-5-8(10)7(9)2/h3-4,8-9,12,16H,2,5-7H2,1H3,(H,15,17);4-6H,3H2,1-2H3. The van der Waals surface area contributed by atoms with E-state index in [1.54, 1.807) is 37.4 Å². The first-order valence-corrected chi connectivity index (χ1v) is 9.84. The Morgan fingerprint density at radius 3 is 2.72 bits per heavy atom. The molecule has 0 bridgehead atoms. The second-order valence-corrected chi connectivity index (χ2v) is 6.81. The summed E-state index contributed by atoms with van der Waals surface area (Å²) in [6.45, 7) is 6.21. The van der Waals surface area contributed by atoms with Gasteiger partial charge in [-0.3, -0.25) is 9.78 Å². The predicted molar refractivity (Wildman–Crippen MR) is 110 cm³/mol. The van der Waals surface area contributed by atoms with Crippen LogP contribution in [-0.4, -0.2) is 41.4 Å². The van der Waals surface area contributed by atoms with Gasteiger partial charge < -0.3 is 19.9 Å². The van der Waals surface area contributed by atoms with Crippen LogP contribution in [-0.2, 0) is 16.0 Å². The van der Waals surface area contributed by atoms with E-state index in [1.165, 1.54) is 6.07 Å². The molecular weight excluding hydrogens is 375 g/mol. The highest BCUT2D eigenvalue weighted by molar-refractivity contribution is 5.94. The minimum absolute atomic E-state index is 0.0759. The van der Waals surface area contributed by atoms with Gasteiger partial charge in [0.2, 0.25) is 0 Å². The van der Waals surface area contributed by atoms with E-state index in [4.69, 9.17) is 14.6 Å². The van der Waals surface area contributed by atoms with Crippen LogP contribution in [0.15, 0.2) is 36.5 Å². The van der Waals surface area contributed by atoms with Crippen LogP contribution in [0.4, 0.5) is 10.1 Å². The van der Waals surface area contributed by atoms with Crippen LogP contribution >= 0.6 is 0 Å². The maximum absolute atomic E-state index is 12.8. The van der Waals surface area contributed by atoms with Gasteiger partial charge in [0, 0.05) is 24.3 Å². The van der Waals surface area contributed by atoms with Gasteiger partial charge in [-0.2, -0.15) is 0 Å². The summed E-state index contributed by atoms with van der Waals surface area (Å²) in [6, 6.07) is 8.42. The molecule has 158 valence electrons. The zero-order valence-electron chi connectivity index (χ0n) is 17.2. The average Bonchev–Trinajstić information content (AvgIpc) is 3.14. The summed E-state index contributed by atoms with van der Waals surface area (Å²) in [5, 5.41) is 11.6. The van der Waals surface area contributed by atoms with Crippen molar-refractivity contribution >= 4 is 11.6 Å². The highest BCUT2D eigenvalue weighted by atomic mass is 19.1. The molecule has 2 unspecified atom stereocenters. The fourth-order valence-electron chi connectivity index (χ4n) is 2.88. The normalized spacial score (nSPS) is 18.0. The third-order valence-corrected chi connectivity index (χ3v) is 4.50. The van der Waals surface area contributed by atoms with E-state index < -0.39 is 0 Å². The molecule has 1 saturated heterocycles. The largest absolute Gasteiger partial charge is 0.494 e. The number of ether oxygens (including phenoxy) is 2. The van der Waals surface area contributed by atoms with Crippen molar-refractivity contribution < 1.29 is 23.8 Å². The SMILES string of the molecule is CC1CCC(C(=O)Nc2ccc(CCO)nc2)O1.CCOc1cccc(F)c1C. The van der Waals surface area contributed by atoms with Crippen LogP contribution in [0.3, 0.4) is 0 Å². The van der Waals surface area contributed by atoms with Crippen LogP contribution < -0.4 is 10.1 Å². The minimum atomic E-state index is -0.350. The molecule has 1 aliphatic rings. The lowest BCUT2D eigenvalue weighted by Gasteiger charge is -2.11. The smallest absolute Gasteiger partial charge is 0.253 e. The molecule has 1 aliphatic heterocycles. The molecule has 0 aliphatic carbocycles. The lowest BCUT2D eigenvalue weighted by molar-refractivity contribution is -0.126. The molecule has 6 nitrogen and oxygen atoms in total. The molecule has 2 atom stereocenters. The molecule has 0 saturated carbocycles. The van der Waals surface area contributed by atoms with Crippen molar-refractivity contribution in [3.05, 3.63) is 53.6 Å². The van der Waals surface area contributed by atoms with Gasteiger partial charge in [0.1, 0.15) is 17.7 Å². The number of hydrogen-bond donors (Lipinski definition) is 2. The van der Waals surface area contributed by atoms with Gasteiger partial charge in [0.25, 0.3) is 5.91 Å². The quantitative estimate of drug-likeness (QED) is 0.768. The fraction of sp³-hybridized carbons (Fsp3) is 0.455. The van der Waals surface area contributed by atoms with Gasteiger partial charge in [-0.05, 0) is 57.9 Å². The Bertz CT molecular complexity index is 783. The summed E-state index contributed by atoms with van der Waals surface area (Å²) in [7, 11) is 0. The van der Waals surface area contributed by atoms with Gasteiger partial charge in [-0.15, -0.1) is 0 Å². The molecule has 1 aromatic carbocycles. The summed E-state index contributed by atoms with van der Waals surface area (Å²) in [4.78, 5) is 16.0. The third kappa shape index (κ3) is 7.11. The fourth-order valence-corrected chi connectivity index (χ4v) is 2.88. The highest BCUT2D eigenvalue weighted by Gasteiger charge is 2.28. The van der Waals surface area contributed by atoms with Crippen molar-refractivity contribution in [2.75, 3.05) is 18.5 Å². The van der Waals surface area contributed by atoms with E-state index in [1.807, 2.05) is 13.8 Å². The second-order valence-electron chi connectivity index (χ2n) is 6.81. The number of carbonyl (C=O) groups is 1. The van der Waals surface area contributed by atoms with Crippen LogP contribution in [0.5, 0.6) is 5.75 Å². The van der Waals surface area contributed by atoms with Gasteiger partial charge >= 0.3 is 0 Å². The summed E-state index contributed by atoms with van der Waals surface area (Å²) < 4.78 is 23.5. The van der Waals surface area contributed by atoms with Crippen LogP contribution in [0.1, 0.15) is 37.9 Å². The Morgan fingerprint density at radius 1 is 1.34 bits per heavy atom. The van der Waals surface area contributed by atoms with Gasteiger partial charge in [-0.1, -0.05) is 6.07 Å². The molecule has 2 aromatic rings. The van der Waals surface area contributed by atoms with Crippen molar-refractivity contribution in [2.45, 2.75) is 52.2 Å². The zero-order chi connectivity index (χ0) is 21.2.